The molecule has 2 aromatic rings. The second kappa shape index (κ2) is 6.82. The molecule has 0 aliphatic carbocycles. The van der Waals surface area contributed by atoms with Gasteiger partial charge in [-0.25, -0.2) is 8.42 Å². The first-order chi connectivity index (χ1) is 11.1. The summed E-state index contributed by atoms with van der Waals surface area (Å²) in [6.07, 6.45) is 0.627. The van der Waals surface area contributed by atoms with Crippen LogP contribution < -0.4 is 0 Å². The van der Waals surface area contributed by atoms with Crippen molar-refractivity contribution in [1.29, 1.82) is 0 Å². The van der Waals surface area contributed by atoms with Gasteiger partial charge in [0, 0.05) is 30.4 Å². The molecule has 3 rings (SSSR count). The maximum absolute atomic E-state index is 11.7. The van der Waals surface area contributed by atoms with Crippen LogP contribution in [-0.4, -0.2) is 59.3 Å². The highest BCUT2D eigenvalue weighted by atomic mass is 32.2. The molecule has 0 radical (unpaired) electrons. The third kappa shape index (κ3) is 3.99. The molecule has 0 bridgehead atoms. The number of nitrogens with one attached hydrogen (secondary N) is 1. The topological polar surface area (TPSA) is 86.3 Å². The van der Waals surface area contributed by atoms with Crippen molar-refractivity contribution < 1.29 is 13.5 Å². The van der Waals surface area contributed by atoms with E-state index in [9.17, 15) is 13.5 Å². The van der Waals surface area contributed by atoms with Crippen molar-refractivity contribution in [2.24, 2.45) is 0 Å². The predicted molar refractivity (Wildman–Crippen MR) is 88.6 cm³/mol. The fraction of sp³-hybridized carbons (Fsp3) is 0.438. The normalized spacial score (nSPS) is 20.2. The molecule has 23 heavy (non-hydrogen) atoms. The fourth-order valence-corrected chi connectivity index (χ4v) is 4.76. The minimum absolute atomic E-state index is 0.0101. The molecular weight excluding hydrogens is 314 g/mol. The summed E-state index contributed by atoms with van der Waals surface area (Å²) in [4.78, 5) is 2.02. The number of nitrogens with zero attached hydrogens (tertiary/aromatic N) is 2. The van der Waals surface area contributed by atoms with Gasteiger partial charge in [-0.3, -0.25) is 10.00 Å². The summed E-state index contributed by atoms with van der Waals surface area (Å²) in [6, 6.07) is 11.8. The second-order valence-corrected chi connectivity index (χ2v) is 8.12. The van der Waals surface area contributed by atoms with Crippen LogP contribution in [0.5, 0.6) is 0 Å². The van der Waals surface area contributed by atoms with Crippen molar-refractivity contribution in [2.75, 3.05) is 24.7 Å². The maximum atomic E-state index is 11.7. The molecule has 1 aromatic carbocycles. The highest BCUT2D eigenvalue weighted by Gasteiger charge is 2.32. The zero-order valence-electron chi connectivity index (χ0n) is 12.9. The van der Waals surface area contributed by atoms with Crippen LogP contribution in [0.15, 0.2) is 36.4 Å². The van der Waals surface area contributed by atoms with Crippen LogP contribution in [0, 0.1) is 0 Å². The van der Waals surface area contributed by atoms with Crippen LogP contribution in [-0.2, 0) is 16.4 Å². The summed E-state index contributed by atoms with van der Waals surface area (Å²) in [6.45, 7) is 1.02. The molecule has 0 spiro atoms. The zero-order valence-corrected chi connectivity index (χ0v) is 13.7. The number of aromatic amines is 1. The smallest absolute Gasteiger partial charge is 0.151 e. The Labute approximate surface area is 136 Å². The molecule has 6 nitrogen and oxygen atoms in total. The molecule has 2 N–H and O–H groups in total. The number of sulfone groups is 1. The van der Waals surface area contributed by atoms with E-state index in [1.54, 1.807) is 0 Å². The lowest BCUT2D eigenvalue weighted by molar-refractivity contribution is 0.152. The fourth-order valence-electron chi connectivity index (χ4n) is 3.00. The van der Waals surface area contributed by atoms with Crippen molar-refractivity contribution >= 4 is 9.84 Å². The van der Waals surface area contributed by atoms with Crippen LogP contribution >= 0.6 is 0 Å². The van der Waals surface area contributed by atoms with Gasteiger partial charge in [0.05, 0.1) is 23.8 Å². The largest absolute Gasteiger partial charge is 0.395 e. The molecular formula is C16H21N3O3S. The van der Waals surface area contributed by atoms with Crippen molar-refractivity contribution in [3.8, 4) is 11.3 Å². The minimum Gasteiger partial charge on any atom is -0.395 e. The zero-order chi connectivity index (χ0) is 16.3. The van der Waals surface area contributed by atoms with Gasteiger partial charge in [-0.15, -0.1) is 0 Å². The number of aliphatic hydroxyl groups is 1. The Kier molecular flexibility index (Phi) is 4.79. The first-order valence-corrected chi connectivity index (χ1v) is 9.54. The van der Waals surface area contributed by atoms with Gasteiger partial charge in [0.1, 0.15) is 0 Å². The van der Waals surface area contributed by atoms with E-state index in [0.717, 1.165) is 17.0 Å². The Morgan fingerprint density at radius 1 is 1.30 bits per heavy atom. The SMILES string of the molecule is O=S1(=O)CCC(N(CCO)Cc2cc(-c3ccccc3)n[nH]2)C1. The van der Waals surface area contributed by atoms with Crippen molar-refractivity contribution in [3.63, 3.8) is 0 Å². The summed E-state index contributed by atoms with van der Waals surface area (Å²) in [7, 11) is -2.94. The third-order valence-electron chi connectivity index (χ3n) is 4.19. The third-order valence-corrected chi connectivity index (χ3v) is 5.94. The molecule has 1 aliphatic rings. The van der Waals surface area contributed by atoms with E-state index in [0.29, 0.717) is 19.5 Å². The van der Waals surface area contributed by atoms with Gasteiger partial charge in [-0.2, -0.15) is 5.10 Å². The van der Waals surface area contributed by atoms with E-state index in [-0.39, 0.29) is 24.2 Å². The lowest BCUT2D eigenvalue weighted by Crippen LogP contribution is -2.37. The van der Waals surface area contributed by atoms with E-state index in [4.69, 9.17) is 0 Å². The van der Waals surface area contributed by atoms with Gasteiger partial charge < -0.3 is 5.11 Å². The van der Waals surface area contributed by atoms with Crippen LogP contribution in [0.1, 0.15) is 12.1 Å². The molecule has 0 saturated carbocycles. The monoisotopic (exact) mass is 335 g/mol. The average Bonchev–Trinajstić information content (AvgIpc) is 3.14. The Hall–Kier alpha value is -1.70. The summed E-state index contributed by atoms with van der Waals surface area (Å²) in [5.41, 5.74) is 2.82. The molecule has 124 valence electrons. The number of aliphatic hydroxyl groups excluding tert-OH is 1. The second-order valence-electron chi connectivity index (χ2n) is 5.90. The van der Waals surface area contributed by atoms with Gasteiger partial charge in [0.15, 0.2) is 9.84 Å². The van der Waals surface area contributed by atoms with Crippen molar-refractivity contribution in [3.05, 3.63) is 42.1 Å². The number of hydrogen-bond acceptors (Lipinski definition) is 5. The van der Waals surface area contributed by atoms with Gasteiger partial charge in [-0.05, 0) is 12.5 Å². The van der Waals surface area contributed by atoms with E-state index in [2.05, 4.69) is 10.2 Å². The highest BCUT2D eigenvalue weighted by Crippen LogP contribution is 2.21. The predicted octanol–water partition coefficient (Wildman–Crippen LogP) is 1.06. The number of hydrogen-bond donors (Lipinski definition) is 2. The number of rotatable bonds is 6. The van der Waals surface area contributed by atoms with Gasteiger partial charge in [-0.1, -0.05) is 30.3 Å². The number of benzene rings is 1. The summed E-state index contributed by atoms with van der Waals surface area (Å²) >= 11 is 0. The van der Waals surface area contributed by atoms with Gasteiger partial charge in [0.25, 0.3) is 0 Å². The lowest BCUT2D eigenvalue weighted by atomic mass is 10.1. The number of aromatic nitrogens is 2. The first kappa shape index (κ1) is 16.2. The molecule has 1 fully saturated rings. The van der Waals surface area contributed by atoms with Crippen LogP contribution in [0.25, 0.3) is 11.3 Å². The standard InChI is InChI=1S/C16H21N3O3S/c20-8-7-19(15-6-9-23(21,22)12-15)11-14-10-16(18-17-14)13-4-2-1-3-5-13/h1-5,10,15,20H,6-9,11-12H2,(H,17,18). The van der Waals surface area contributed by atoms with Crippen LogP contribution in [0.3, 0.4) is 0 Å². The van der Waals surface area contributed by atoms with Crippen LogP contribution in [0.2, 0.25) is 0 Å². The molecule has 2 heterocycles. The summed E-state index contributed by atoms with van der Waals surface area (Å²) in [5, 5.41) is 16.6. The summed E-state index contributed by atoms with van der Waals surface area (Å²) in [5.74, 6) is 0.407. The first-order valence-electron chi connectivity index (χ1n) is 7.72. The number of H-pyrrole nitrogens is 1. The van der Waals surface area contributed by atoms with E-state index in [1.807, 2.05) is 41.3 Å². The van der Waals surface area contributed by atoms with E-state index < -0.39 is 9.84 Å². The highest BCUT2D eigenvalue weighted by molar-refractivity contribution is 7.91. The Morgan fingerprint density at radius 3 is 2.74 bits per heavy atom. The summed E-state index contributed by atoms with van der Waals surface area (Å²) < 4.78 is 23.4. The van der Waals surface area contributed by atoms with Crippen molar-refractivity contribution in [2.45, 2.75) is 19.0 Å². The molecule has 1 unspecified atom stereocenters. The Morgan fingerprint density at radius 2 is 2.09 bits per heavy atom. The Bertz CT molecular complexity index is 743. The molecule has 1 saturated heterocycles. The Balaban J connectivity index is 1.72. The lowest BCUT2D eigenvalue weighted by Gasteiger charge is -2.26. The molecule has 1 aliphatic heterocycles. The molecule has 7 heteroatoms. The molecule has 1 atom stereocenters. The maximum Gasteiger partial charge on any atom is 0.151 e. The van der Waals surface area contributed by atoms with E-state index >= 15 is 0 Å². The van der Waals surface area contributed by atoms with Crippen molar-refractivity contribution in [1.82, 2.24) is 15.1 Å². The van der Waals surface area contributed by atoms with Gasteiger partial charge >= 0.3 is 0 Å². The minimum atomic E-state index is -2.94. The quantitative estimate of drug-likeness (QED) is 0.824. The van der Waals surface area contributed by atoms with Crippen LogP contribution in [0.4, 0.5) is 0 Å². The molecule has 0 amide bonds. The van der Waals surface area contributed by atoms with Gasteiger partial charge in [0.2, 0.25) is 0 Å². The average molecular weight is 335 g/mol. The van der Waals surface area contributed by atoms with E-state index in [1.165, 1.54) is 0 Å². The molecule has 1 aromatic heterocycles.